The summed E-state index contributed by atoms with van der Waals surface area (Å²) in [5.41, 5.74) is 6.68. The lowest BCUT2D eigenvalue weighted by atomic mass is 9.94. The van der Waals surface area contributed by atoms with Crippen molar-refractivity contribution in [2.45, 2.75) is 117 Å². The molecule has 0 saturated heterocycles. The van der Waals surface area contributed by atoms with Crippen LogP contribution in [0.1, 0.15) is 103 Å². The van der Waals surface area contributed by atoms with Gasteiger partial charge in [0, 0.05) is 18.2 Å². The number of nitrogens with zero attached hydrogens (tertiary/aromatic N) is 2. The average molecular weight is 582 g/mol. The number of carbonyl (C=O) groups excluding carboxylic acids is 2. The molecule has 0 aliphatic rings. The van der Waals surface area contributed by atoms with Crippen LogP contribution < -0.4 is 5.73 Å². The first-order valence-corrected chi connectivity index (χ1v) is 17.8. The number of unbranched alkanes of at least 4 members (excludes halogenated alkanes) is 1. The Balaban J connectivity index is 3.50. The maximum atomic E-state index is 13.7. The number of ether oxygens (including phenoxy) is 1. The van der Waals surface area contributed by atoms with E-state index in [1.54, 1.807) is 12.3 Å². The van der Waals surface area contributed by atoms with Crippen molar-refractivity contribution < 1.29 is 23.6 Å². The molecule has 1 rings (SSSR count). The number of rotatable bonds is 16. The molecule has 0 radical (unpaired) electrons. The van der Waals surface area contributed by atoms with E-state index in [0.29, 0.717) is 30.9 Å². The lowest BCUT2D eigenvalue weighted by Crippen LogP contribution is -2.53. The highest BCUT2D eigenvalue weighted by atomic mass is 32.1. The van der Waals surface area contributed by atoms with Crippen LogP contribution in [0.15, 0.2) is 5.38 Å². The van der Waals surface area contributed by atoms with E-state index in [9.17, 15) is 9.59 Å². The van der Waals surface area contributed by atoms with Gasteiger partial charge in [-0.05, 0) is 43.3 Å². The van der Waals surface area contributed by atoms with Gasteiger partial charge in [0.25, 0.3) is 5.91 Å². The lowest BCUT2D eigenvalue weighted by Gasteiger charge is -2.41. The van der Waals surface area contributed by atoms with E-state index in [1.807, 2.05) is 13.8 Å². The van der Waals surface area contributed by atoms with Crippen LogP contribution >= 0.6 is 11.3 Å². The third-order valence-electron chi connectivity index (χ3n) is 7.51. The van der Waals surface area contributed by atoms with Gasteiger partial charge in [-0.15, -0.1) is 23.7 Å². The molecule has 8 nitrogen and oxygen atoms in total. The standard InChI is InChI=1S/C29H51N3O5SSi/c1-12-15-16-17-36-32(27(33)25(30)21(6)13-2)23(20(4)5)18-24(37-39(10,11)29(7,8)9)26-31-22(19-38-26)28(34)35-14-3/h1,19-21,23-25H,13-18,30H2,2-11H3/t21-,23+,24+,25-/m0/s1. The van der Waals surface area contributed by atoms with Crippen molar-refractivity contribution in [1.29, 1.82) is 0 Å². The van der Waals surface area contributed by atoms with Crippen LogP contribution in [0, 0.1) is 24.2 Å². The summed E-state index contributed by atoms with van der Waals surface area (Å²) in [6, 6.07) is -1.04. The number of amides is 1. The van der Waals surface area contributed by atoms with Crippen LogP contribution in [-0.2, 0) is 18.8 Å². The predicted octanol–water partition coefficient (Wildman–Crippen LogP) is 6.34. The summed E-state index contributed by atoms with van der Waals surface area (Å²) < 4.78 is 12.1. The number of nitrogens with two attached hydrogens (primary N) is 1. The zero-order chi connectivity index (χ0) is 30.0. The molecule has 4 atom stereocenters. The van der Waals surface area contributed by atoms with Gasteiger partial charge in [-0.25, -0.2) is 14.8 Å². The highest BCUT2D eigenvalue weighted by Crippen LogP contribution is 2.42. The summed E-state index contributed by atoms with van der Waals surface area (Å²) in [6.07, 6.45) is 7.38. The molecule has 0 aliphatic carbocycles. The molecule has 1 amide bonds. The molecular weight excluding hydrogens is 530 g/mol. The van der Waals surface area contributed by atoms with E-state index >= 15 is 0 Å². The van der Waals surface area contributed by atoms with E-state index in [-0.39, 0.29) is 41.1 Å². The Labute approximate surface area is 241 Å². The van der Waals surface area contributed by atoms with Gasteiger partial charge in [0.2, 0.25) is 0 Å². The molecule has 0 aliphatic heterocycles. The summed E-state index contributed by atoms with van der Waals surface area (Å²) in [5, 5.41) is 3.80. The number of esters is 1. The normalized spacial score (nSPS) is 15.4. The molecule has 39 heavy (non-hydrogen) atoms. The van der Waals surface area contributed by atoms with Gasteiger partial charge in [0.15, 0.2) is 14.0 Å². The van der Waals surface area contributed by atoms with Crippen molar-refractivity contribution in [3.8, 4) is 12.3 Å². The Bertz CT molecular complexity index is 953. The molecular formula is C29H51N3O5SSi. The first kappa shape index (κ1) is 35.3. The summed E-state index contributed by atoms with van der Waals surface area (Å²) in [4.78, 5) is 36.8. The van der Waals surface area contributed by atoms with E-state index in [1.165, 1.54) is 16.4 Å². The van der Waals surface area contributed by atoms with E-state index < -0.39 is 26.4 Å². The number of hydrogen-bond acceptors (Lipinski definition) is 8. The van der Waals surface area contributed by atoms with Crippen molar-refractivity contribution in [2.75, 3.05) is 13.2 Å². The third-order valence-corrected chi connectivity index (χ3v) is 12.9. The molecule has 0 bridgehead atoms. The highest BCUT2D eigenvalue weighted by molar-refractivity contribution is 7.09. The quantitative estimate of drug-likeness (QED) is 0.0798. The number of terminal acetylenes is 1. The molecule has 1 aromatic rings. The SMILES string of the molecule is C#CCCCON(C(=O)[C@@H](N)[C@@H](C)CC)[C@H](C[C@@H](O[Si](C)(C)C(C)(C)C)c1nc(C(=O)OCC)cs1)C(C)C. The van der Waals surface area contributed by atoms with Gasteiger partial charge in [-0.1, -0.05) is 54.9 Å². The number of thiazole rings is 1. The smallest absolute Gasteiger partial charge is 0.357 e. The van der Waals surface area contributed by atoms with Crippen molar-refractivity contribution in [3.63, 3.8) is 0 Å². The van der Waals surface area contributed by atoms with Gasteiger partial charge in [-0.3, -0.25) is 9.63 Å². The zero-order valence-electron chi connectivity index (χ0n) is 25.7. The van der Waals surface area contributed by atoms with Gasteiger partial charge < -0.3 is 14.9 Å². The van der Waals surface area contributed by atoms with E-state index in [0.717, 1.165) is 6.42 Å². The molecule has 2 N–H and O–H groups in total. The zero-order valence-corrected chi connectivity index (χ0v) is 27.5. The number of hydrogen-bond donors (Lipinski definition) is 1. The van der Waals surface area contributed by atoms with Crippen molar-refractivity contribution in [1.82, 2.24) is 10.0 Å². The Morgan fingerprint density at radius 2 is 1.87 bits per heavy atom. The summed E-state index contributed by atoms with van der Waals surface area (Å²) >= 11 is 1.37. The van der Waals surface area contributed by atoms with Crippen LogP contribution in [0.3, 0.4) is 0 Å². The van der Waals surface area contributed by atoms with Gasteiger partial charge in [-0.2, -0.15) is 0 Å². The minimum absolute atomic E-state index is 0.00695. The summed E-state index contributed by atoms with van der Waals surface area (Å²) in [5.74, 6) is 1.93. The van der Waals surface area contributed by atoms with Crippen LogP contribution in [0.4, 0.5) is 0 Å². The maximum Gasteiger partial charge on any atom is 0.357 e. The molecule has 10 heteroatoms. The first-order valence-electron chi connectivity index (χ1n) is 14.1. The van der Waals surface area contributed by atoms with Crippen molar-refractivity contribution in [2.24, 2.45) is 17.6 Å². The second-order valence-corrected chi connectivity index (χ2v) is 17.6. The fraction of sp³-hybridized carbons (Fsp3) is 0.759. The Kier molecular flexibility index (Phi) is 14.3. The van der Waals surface area contributed by atoms with Crippen LogP contribution in [0.2, 0.25) is 18.1 Å². The van der Waals surface area contributed by atoms with E-state index in [2.05, 4.69) is 58.6 Å². The lowest BCUT2D eigenvalue weighted by molar-refractivity contribution is -0.211. The average Bonchev–Trinajstić information content (AvgIpc) is 3.35. The second-order valence-electron chi connectivity index (χ2n) is 11.9. The van der Waals surface area contributed by atoms with Gasteiger partial charge in [0.1, 0.15) is 5.01 Å². The first-order chi connectivity index (χ1) is 18.1. The Hall–Kier alpha value is -1.77. The number of hydroxylamine groups is 2. The maximum absolute atomic E-state index is 13.7. The number of carbonyl (C=O) groups is 2. The minimum atomic E-state index is -2.27. The molecule has 0 saturated carbocycles. The molecule has 1 aromatic heterocycles. The van der Waals surface area contributed by atoms with Gasteiger partial charge >= 0.3 is 5.97 Å². The van der Waals surface area contributed by atoms with E-state index in [4.69, 9.17) is 26.2 Å². The monoisotopic (exact) mass is 581 g/mol. The molecule has 1 heterocycles. The van der Waals surface area contributed by atoms with Crippen LogP contribution in [-0.4, -0.2) is 55.5 Å². The Morgan fingerprint density at radius 3 is 2.38 bits per heavy atom. The summed E-state index contributed by atoms with van der Waals surface area (Å²) in [7, 11) is -2.27. The Morgan fingerprint density at radius 1 is 1.23 bits per heavy atom. The van der Waals surface area contributed by atoms with Crippen LogP contribution in [0.25, 0.3) is 0 Å². The fourth-order valence-corrected chi connectivity index (χ4v) is 5.81. The van der Waals surface area contributed by atoms with Crippen molar-refractivity contribution >= 4 is 31.5 Å². The topological polar surface area (TPSA) is 104 Å². The largest absolute Gasteiger partial charge is 0.461 e. The minimum Gasteiger partial charge on any atom is -0.461 e. The van der Waals surface area contributed by atoms with Gasteiger partial charge in [0.05, 0.1) is 31.4 Å². The van der Waals surface area contributed by atoms with Crippen LogP contribution in [0.5, 0.6) is 0 Å². The van der Waals surface area contributed by atoms with Crippen molar-refractivity contribution in [3.05, 3.63) is 16.1 Å². The third kappa shape index (κ3) is 10.3. The fourth-order valence-electron chi connectivity index (χ4n) is 3.63. The molecule has 0 spiro atoms. The summed E-state index contributed by atoms with van der Waals surface area (Å²) in [6.45, 7) is 21.3. The second kappa shape index (κ2) is 15.9. The molecule has 0 aromatic carbocycles. The predicted molar refractivity (Wildman–Crippen MR) is 161 cm³/mol. The molecule has 0 fully saturated rings. The number of aromatic nitrogens is 1. The highest BCUT2D eigenvalue weighted by Gasteiger charge is 2.42. The molecule has 222 valence electrons. The molecule has 0 unspecified atom stereocenters.